The second-order valence-electron chi connectivity index (χ2n) is 1.92. The van der Waals surface area contributed by atoms with E-state index in [0.29, 0.717) is 0 Å². The largest absolute Gasteiger partial charge is 0.384 e. The lowest BCUT2D eigenvalue weighted by Gasteiger charge is -1.94. The normalized spacial score (nSPS) is 9.70. The number of carbonyl (C=O) groups is 1. The van der Waals surface area contributed by atoms with Gasteiger partial charge >= 0.3 is 0 Å². The molecule has 0 spiro atoms. The second kappa shape index (κ2) is 2.17. The van der Waals surface area contributed by atoms with Crippen molar-refractivity contribution >= 4 is 25.2 Å². The molecule has 2 radical (unpaired) electrons. The van der Waals surface area contributed by atoms with E-state index in [1.165, 1.54) is 13.0 Å². The van der Waals surface area contributed by atoms with E-state index in [4.69, 9.17) is 13.6 Å². The fourth-order valence-corrected chi connectivity index (χ4v) is 0.667. The molecule has 0 fully saturated rings. The molecule has 0 aliphatic carbocycles. The van der Waals surface area contributed by atoms with Crippen molar-refractivity contribution in [3.8, 4) is 0 Å². The van der Waals surface area contributed by atoms with Crippen molar-refractivity contribution < 1.29 is 4.79 Å². The van der Waals surface area contributed by atoms with Gasteiger partial charge in [-0.05, 0) is 6.07 Å². The van der Waals surface area contributed by atoms with Gasteiger partial charge in [-0.15, -0.1) is 0 Å². The number of hydrogen-bond donors (Lipinski definition) is 1. The summed E-state index contributed by atoms with van der Waals surface area (Å²) in [5.41, 5.74) is 5.60. The maximum atomic E-state index is 10.6. The summed E-state index contributed by atoms with van der Waals surface area (Å²) in [6, 6.07) is 1.43. The molecule has 0 aliphatic rings. The molecule has 50 valence electrons. The first-order chi connectivity index (χ1) is 4.61. The fraction of sp³-hybridized carbons (Fsp3) is 0.200. The van der Waals surface area contributed by atoms with E-state index < -0.39 is 0 Å². The van der Waals surface area contributed by atoms with E-state index in [1.54, 1.807) is 0 Å². The van der Waals surface area contributed by atoms with Gasteiger partial charge in [0.2, 0.25) is 5.91 Å². The summed E-state index contributed by atoms with van der Waals surface area (Å²) in [4.78, 5) is 10.6. The standard InChI is InChI=1S/C5H6BN3O/c1-3(10)9-5(7)2-4(6)8-9/h2H,7H2,1H3. The number of rotatable bonds is 0. The summed E-state index contributed by atoms with van der Waals surface area (Å²) in [5.74, 6) is 0.0270. The smallest absolute Gasteiger partial charge is 0.245 e. The van der Waals surface area contributed by atoms with Gasteiger partial charge in [0.25, 0.3) is 0 Å². The Bertz CT molecular complexity index is 268. The fourth-order valence-electron chi connectivity index (χ4n) is 0.667. The molecule has 5 heteroatoms. The first kappa shape index (κ1) is 6.86. The molecule has 0 atom stereocenters. The molecule has 0 aromatic carbocycles. The van der Waals surface area contributed by atoms with Gasteiger partial charge in [-0.1, -0.05) is 0 Å². The first-order valence-corrected chi connectivity index (χ1v) is 2.73. The second-order valence-corrected chi connectivity index (χ2v) is 1.92. The number of nitrogen functional groups attached to an aromatic ring is 1. The predicted octanol–water partition coefficient (Wildman–Crippen LogP) is -1.08. The maximum Gasteiger partial charge on any atom is 0.245 e. The minimum atomic E-state index is -0.241. The van der Waals surface area contributed by atoms with Crippen LogP contribution in [-0.4, -0.2) is 23.5 Å². The molecular formula is C5H6BN3O. The SMILES string of the molecule is [B]c1cc(N)n(C(C)=O)n1. The quantitative estimate of drug-likeness (QED) is 0.460. The third-order valence-corrected chi connectivity index (χ3v) is 1.05. The van der Waals surface area contributed by atoms with Crippen molar-refractivity contribution in [3.63, 3.8) is 0 Å². The summed E-state index contributed by atoms with van der Waals surface area (Å²) in [6.45, 7) is 1.36. The number of aromatic nitrogens is 2. The van der Waals surface area contributed by atoms with Crippen LogP contribution in [0.3, 0.4) is 0 Å². The molecule has 0 aliphatic heterocycles. The molecule has 4 nitrogen and oxygen atoms in total. The number of nitrogens with two attached hydrogens (primary N) is 1. The van der Waals surface area contributed by atoms with Crippen molar-refractivity contribution in [1.29, 1.82) is 0 Å². The Morgan fingerprint density at radius 2 is 2.50 bits per heavy atom. The van der Waals surface area contributed by atoms with Crippen LogP contribution in [0.4, 0.5) is 5.82 Å². The van der Waals surface area contributed by atoms with Gasteiger partial charge in [-0.3, -0.25) is 4.79 Å². The van der Waals surface area contributed by atoms with Crippen molar-refractivity contribution in [3.05, 3.63) is 6.07 Å². The highest BCUT2D eigenvalue weighted by atomic mass is 16.2. The Labute approximate surface area is 59.4 Å². The first-order valence-electron chi connectivity index (χ1n) is 2.73. The number of anilines is 1. The van der Waals surface area contributed by atoms with Gasteiger partial charge in [0.05, 0.1) is 0 Å². The van der Waals surface area contributed by atoms with E-state index in [1.807, 2.05) is 0 Å². The zero-order chi connectivity index (χ0) is 7.72. The number of nitrogens with zero attached hydrogens (tertiary/aromatic N) is 2. The van der Waals surface area contributed by atoms with Gasteiger partial charge in [0.1, 0.15) is 13.7 Å². The molecule has 0 saturated carbocycles. The Balaban J connectivity index is 3.15. The van der Waals surface area contributed by atoms with Crippen LogP contribution >= 0.6 is 0 Å². The predicted molar refractivity (Wildman–Crippen MR) is 38.3 cm³/mol. The highest BCUT2D eigenvalue weighted by Crippen LogP contribution is 1.95. The van der Waals surface area contributed by atoms with Crippen LogP contribution in [-0.2, 0) is 0 Å². The average Bonchev–Trinajstić information content (AvgIpc) is 2.10. The molecule has 1 heterocycles. The van der Waals surface area contributed by atoms with Crippen LogP contribution in [0, 0.1) is 0 Å². The monoisotopic (exact) mass is 135 g/mol. The van der Waals surface area contributed by atoms with Crippen LogP contribution in [0.15, 0.2) is 6.07 Å². The summed E-state index contributed by atoms with van der Waals surface area (Å²) in [5, 5.41) is 3.63. The Kier molecular flexibility index (Phi) is 1.49. The lowest BCUT2D eigenvalue weighted by Crippen LogP contribution is -2.13. The molecule has 1 aromatic heterocycles. The van der Waals surface area contributed by atoms with Crippen LogP contribution in [0.2, 0.25) is 0 Å². The van der Waals surface area contributed by atoms with Crippen LogP contribution in [0.25, 0.3) is 0 Å². The minimum Gasteiger partial charge on any atom is -0.384 e. The van der Waals surface area contributed by atoms with Crippen LogP contribution < -0.4 is 11.3 Å². The maximum absolute atomic E-state index is 10.6. The van der Waals surface area contributed by atoms with Gasteiger partial charge in [-0.2, -0.15) is 9.78 Å². The average molecular weight is 135 g/mol. The van der Waals surface area contributed by atoms with Crippen molar-refractivity contribution in [2.45, 2.75) is 6.92 Å². The molecule has 2 N–H and O–H groups in total. The van der Waals surface area contributed by atoms with Crippen LogP contribution in [0.1, 0.15) is 11.7 Å². The highest BCUT2D eigenvalue weighted by molar-refractivity contribution is 6.31. The molecule has 0 amide bonds. The van der Waals surface area contributed by atoms with E-state index in [-0.39, 0.29) is 17.3 Å². The molecule has 0 saturated heterocycles. The topological polar surface area (TPSA) is 60.9 Å². The summed E-state index contributed by atoms with van der Waals surface area (Å²) in [7, 11) is 5.25. The summed E-state index contributed by atoms with van der Waals surface area (Å²) in [6.07, 6.45) is 0. The van der Waals surface area contributed by atoms with E-state index in [9.17, 15) is 4.79 Å². The highest BCUT2D eigenvalue weighted by Gasteiger charge is 2.03. The number of hydrogen-bond acceptors (Lipinski definition) is 3. The van der Waals surface area contributed by atoms with Crippen molar-refractivity contribution in [2.75, 3.05) is 5.73 Å². The Hall–Kier alpha value is -1.26. The summed E-state index contributed by atoms with van der Waals surface area (Å²) < 4.78 is 1.05. The van der Waals surface area contributed by atoms with Crippen LogP contribution in [0.5, 0.6) is 0 Å². The van der Waals surface area contributed by atoms with Gasteiger partial charge in [0.15, 0.2) is 0 Å². The Morgan fingerprint density at radius 3 is 2.70 bits per heavy atom. The van der Waals surface area contributed by atoms with Gasteiger partial charge in [0, 0.05) is 12.5 Å². The van der Waals surface area contributed by atoms with Gasteiger partial charge in [-0.25, -0.2) is 0 Å². The molecular weight excluding hydrogens is 129 g/mol. The lowest BCUT2D eigenvalue weighted by molar-refractivity contribution is 0.0924. The number of carbonyl (C=O) groups excluding carboxylic acids is 1. The van der Waals surface area contributed by atoms with Crippen molar-refractivity contribution in [2.24, 2.45) is 0 Å². The van der Waals surface area contributed by atoms with Gasteiger partial charge < -0.3 is 5.73 Å². The molecule has 1 aromatic rings. The zero-order valence-corrected chi connectivity index (χ0v) is 5.53. The third-order valence-electron chi connectivity index (χ3n) is 1.05. The van der Waals surface area contributed by atoms with E-state index in [2.05, 4.69) is 5.10 Å². The third kappa shape index (κ3) is 1.02. The van der Waals surface area contributed by atoms with E-state index in [0.717, 1.165) is 4.68 Å². The molecule has 10 heavy (non-hydrogen) atoms. The molecule has 0 unspecified atom stereocenters. The zero-order valence-electron chi connectivity index (χ0n) is 5.53. The minimum absolute atomic E-state index is 0.241. The van der Waals surface area contributed by atoms with Crippen molar-refractivity contribution in [1.82, 2.24) is 9.78 Å². The Morgan fingerprint density at radius 1 is 1.90 bits per heavy atom. The molecule has 1 rings (SSSR count). The molecule has 0 bridgehead atoms. The summed E-state index contributed by atoms with van der Waals surface area (Å²) >= 11 is 0. The lowest BCUT2D eigenvalue weighted by atomic mass is 10.1. The van der Waals surface area contributed by atoms with E-state index >= 15 is 0 Å².